The van der Waals surface area contributed by atoms with Crippen molar-refractivity contribution < 1.29 is 166 Å². The number of fused-ring (bicyclic) bond motifs is 2. The van der Waals surface area contributed by atoms with Crippen LogP contribution >= 0.6 is 70.5 Å². The van der Waals surface area contributed by atoms with Crippen LogP contribution in [0.4, 0.5) is 11.6 Å². The van der Waals surface area contributed by atoms with E-state index in [1.54, 1.807) is 0 Å². The molecule has 104 heavy (non-hydrogen) atoms. The lowest BCUT2D eigenvalue weighted by Crippen LogP contribution is -2.46. The molecule has 4 aromatic heterocycles. The van der Waals surface area contributed by atoms with Crippen LogP contribution < -0.4 is 32.7 Å². The molecule has 0 bridgehead atoms. The molecule has 0 aliphatic carbocycles. The molecule has 2 fully saturated rings. The van der Waals surface area contributed by atoms with Crippen molar-refractivity contribution in [2.24, 2.45) is 10.8 Å². The van der Waals surface area contributed by atoms with Crippen LogP contribution in [0.25, 0.3) is 22.3 Å². The molecule has 2 aliphatic heterocycles. The van der Waals surface area contributed by atoms with Gasteiger partial charge < -0.3 is 102 Å². The van der Waals surface area contributed by atoms with Crippen molar-refractivity contribution in [2.45, 2.75) is 115 Å². The third-order valence-electron chi connectivity index (χ3n) is 13.8. The molecule has 4 unspecified atom stereocenters. The van der Waals surface area contributed by atoms with Gasteiger partial charge in [-0.25, -0.2) is 57.3 Å². The number of phosphoric ester groups is 6. The predicted octanol–water partition coefficient (Wildman–Crippen LogP) is -3.03. The smallest absolute Gasteiger partial charge is 0.386 e. The Morgan fingerprint density at radius 1 is 0.587 bits per heavy atom. The number of hydrogen-bond donors (Lipinski definition) is 18. The van der Waals surface area contributed by atoms with Crippen molar-refractivity contribution in [1.82, 2.24) is 60.3 Å². The van der Waals surface area contributed by atoms with E-state index in [0.717, 1.165) is 58.0 Å². The maximum absolute atomic E-state index is 12.6. The fraction of sp³-hybridized carbons (Fsp3) is 0.638. The van der Waals surface area contributed by atoms with Gasteiger partial charge in [0.05, 0.1) is 45.5 Å². The van der Waals surface area contributed by atoms with E-state index in [1.165, 1.54) is 34.6 Å². The van der Waals surface area contributed by atoms with E-state index in [1.807, 2.05) is 0 Å². The minimum atomic E-state index is -5.58. The molecule has 0 aromatic carbocycles. The summed E-state index contributed by atoms with van der Waals surface area (Å²) in [5.74, 6) is -2.70. The Labute approximate surface area is 595 Å². The Balaban J connectivity index is 0.000000375. The highest BCUT2D eigenvalue weighted by molar-refractivity contribution is 8.13. The first kappa shape index (κ1) is 89.4. The highest BCUT2D eigenvalue weighted by atomic mass is 32.2. The summed E-state index contributed by atoms with van der Waals surface area (Å²) < 4.78 is 124. The van der Waals surface area contributed by atoms with E-state index in [-0.39, 0.29) is 96.1 Å². The first-order chi connectivity index (χ1) is 48.1. The van der Waals surface area contributed by atoms with Crippen molar-refractivity contribution in [3.63, 3.8) is 0 Å². The van der Waals surface area contributed by atoms with Crippen LogP contribution in [0.5, 0.6) is 0 Å². The number of thioether (sulfide) groups is 2. The van der Waals surface area contributed by atoms with Crippen molar-refractivity contribution in [2.75, 3.05) is 75.6 Å². The number of nitrogens with two attached hydrogens (primary N) is 2. The van der Waals surface area contributed by atoms with Gasteiger partial charge >= 0.3 is 46.9 Å². The molecule has 0 radical (unpaired) electrons. The van der Waals surface area contributed by atoms with Crippen molar-refractivity contribution in [3.8, 4) is 0 Å². The fourth-order valence-electron chi connectivity index (χ4n) is 8.79. The number of aliphatic hydroxyl groups is 4. The topological polar surface area (TPSA) is 744 Å². The molecule has 2 saturated heterocycles. The molecule has 57 heteroatoms. The number of anilines is 2. The van der Waals surface area contributed by atoms with Gasteiger partial charge in [0.2, 0.25) is 23.6 Å². The monoisotopic (exact) mass is 1650 g/mol. The Morgan fingerprint density at radius 2 is 0.962 bits per heavy atom. The number of phosphoric acid groups is 6. The summed E-state index contributed by atoms with van der Waals surface area (Å²) in [7, 11) is -32.8. The molecular formula is C47H76N14O35P6S2. The molecular weight excluding hydrogens is 1570 g/mol. The largest absolute Gasteiger partial charge is 0.481 e. The van der Waals surface area contributed by atoms with Crippen molar-refractivity contribution in [1.29, 1.82) is 0 Å². The number of hydrogen-bond acceptors (Lipinski definition) is 37. The lowest BCUT2D eigenvalue weighted by molar-refractivity contribution is -0.137. The number of nitrogens with zero attached hydrogens (tertiary/aromatic N) is 8. The molecule has 20 N–H and O–H groups in total. The molecule has 0 saturated carbocycles. The summed E-state index contributed by atoms with van der Waals surface area (Å²) in [6.45, 7) is 2.09. The zero-order valence-electron chi connectivity index (χ0n) is 54.8. The number of Topliss-reactive ketones (excluding diaryl/α,β-unsaturated/α-hetero) is 1. The van der Waals surface area contributed by atoms with Gasteiger partial charge in [-0.3, -0.25) is 69.8 Å². The summed E-state index contributed by atoms with van der Waals surface area (Å²) >= 11 is 1.84. The van der Waals surface area contributed by atoms with Crippen LogP contribution in [0.15, 0.2) is 25.3 Å². The number of rotatable bonds is 41. The number of aliphatic hydroxyl groups excluding tert-OH is 4. The first-order valence-electron chi connectivity index (χ1n) is 29.6. The molecule has 4 amide bonds. The summed E-state index contributed by atoms with van der Waals surface area (Å²) in [5.41, 5.74) is 9.10. The fourth-order valence-corrected chi connectivity index (χ4v) is 15.5. The van der Waals surface area contributed by atoms with Crippen LogP contribution in [0.2, 0.25) is 0 Å². The van der Waals surface area contributed by atoms with Gasteiger partial charge in [0.25, 0.3) is 0 Å². The average molecular weight is 1650 g/mol. The molecule has 586 valence electrons. The number of carbonyl (C=O) groups excluding carboxylic acids is 7. The SMILES string of the molecule is CC(=O)CC(=O)SCCNC(=O)CCNC(=O)[C@H](O)C(C)(C)COP(=O)(O)OP(=O)(O)OC[C@H]1O[C@@H](n2cnc3c(N)ncnc32)[C@H](O)[C@@H]1OP(=O)(O)O.CC(C)(COP(=O)(O)OP(=O)(O)OC[C@H]1O[C@@H](n2cnc3c(N)ncnc32)[C@H](O)[C@@H]1OP(=O)(O)O)[C@@H](O)C(=O)NCCC(=O)NCCSC=O. The molecule has 49 nitrogen and oxygen atoms in total. The van der Waals surface area contributed by atoms with E-state index in [2.05, 4.69) is 68.8 Å². The summed E-state index contributed by atoms with van der Waals surface area (Å²) in [6.07, 6.45) is -14.1. The Morgan fingerprint density at radius 3 is 1.33 bits per heavy atom. The zero-order chi connectivity index (χ0) is 78.1. The predicted molar refractivity (Wildman–Crippen MR) is 351 cm³/mol. The standard InChI is InChI=1S/C25H40N7O18P3S.C22H36N7O17P3S/c1-13(33)8-16(35)54-7-6-27-15(34)4-5-28-23(38)20(37)25(2,3)10-47-53(44,45)50-52(42,43)46-9-14-19(49-51(39,40)41)18(36)24(48-14)32-12-31-17-21(26)29-11-30-22(17)32;1-22(2,17(33)20(34)25-4-3-13(31)24-5-6-50-11-30)8-43-49(40,41)46-48(38,39)42-7-12-16(45-47(35,36)37)15(32)21(44-12)29-10-28-14-18(23)26-9-27-19(14)29/h11-12,14,18-20,24,36-37H,4-10H2,1-3H3,(H,27,34)(H,28,38)(H,42,43)(H,44,45)(H2,26,29,30)(H2,39,40,41);9-12,15-17,21,32-33H,3-8H2,1-2H3,(H,24,31)(H,25,34)(H,38,39)(H,40,41)(H2,23,26,27)(H2,35,36,37)/t14-,18-,19-,20+,24-;12-,15-,16-,17+,21-/m11/s1. The minimum Gasteiger partial charge on any atom is -0.386 e. The average Bonchev–Trinajstić information content (AvgIpc) is 1.62. The first-order valence-corrected chi connectivity index (χ1v) is 40.6. The van der Waals surface area contributed by atoms with Crippen LogP contribution in [0.1, 0.15) is 66.3 Å². The summed E-state index contributed by atoms with van der Waals surface area (Å²) in [4.78, 5) is 183. The van der Waals surface area contributed by atoms with Crippen LogP contribution in [0, 0.1) is 10.8 Å². The van der Waals surface area contributed by atoms with Gasteiger partial charge in [-0.15, -0.1) is 0 Å². The van der Waals surface area contributed by atoms with E-state index in [4.69, 9.17) is 39.0 Å². The molecule has 2 aliphatic rings. The number of aromatic nitrogens is 8. The number of ether oxygens (including phenoxy) is 2. The molecule has 0 spiro atoms. The van der Waals surface area contributed by atoms with E-state index in [9.17, 15) is 121 Å². The third-order valence-corrected chi connectivity index (χ3v) is 21.5. The van der Waals surface area contributed by atoms with Crippen molar-refractivity contribution in [3.05, 3.63) is 25.3 Å². The van der Waals surface area contributed by atoms with Crippen molar-refractivity contribution >= 4 is 145 Å². The van der Waals surface area contributed by atoms with E-state index >= 15 is 0 Å². The van der Waals surface area contributed by atoms with Gasteiger partial charge in [-0.2, -0.15) is 8.62 Å². The number of amides is 4. The zero-order valence-corrected chi connectivity index (χ0v) is 61.8. The minimum absolute atomic E-state index is 0.0240. The summed E-state index contributed by atoms with van der Waals surface area (Å²) in [5, 5.41) is 51.9. The second-order valence-electron chi connectivity index (χ2n) is 23.2. The highest BCUT2D eigenvalue weighted by Gasteiger charge is 2.52. The number of ketones is 1. The van der Waals surface area contributed by atoms with Gasteiger partial charge in [-0.1, -0.05) is 51.2 Å². The number of nitrogens with one attached hydrogen (secondary N) is 4. The van der Waals surface area contributed by atoms with Crippen LogP contribution in [-0.4, -0.2) is 252 Å². The Hall–Kier alpha value is -5.21. The lowest BCUT2D eigenvalue weighted by atomic mass is 9.87. The second kappa shape index (κ2) is 38.2. The summed E-state index contributed by atoms with van der Waals surface area (Å²) in [6, 6.07) is 0. The molecule has 14 atom stereocenters. The molecule has 6 rings (SSSR count). The number of carbonyl (C=O) groups is 7. The quantitative estimate of drug-likeness (QED) is 0.00910. The van der Waals surface area contributed by atoms with Gasteiger partial charge in [0.15, 0.2) is 46.1 Å². The maximum Gasteiger partial charge on any atom is 0.481 e. The highest BCUT2D eigenvalue weighted by Crippen LogP contribution is 2.63. The number of imidazole rings is 2. The maximum atomic E-state index is 12.6. The van der Waals surface area contributed by atoms with Gasteiger partial charge in [-0.05, 0) is 6.92 Å². The van der Waals surface area contributed by atoms with Crippen LogP contribution in [0.3, 0.4) is 0 Å². The normalized spacial score (nSPS) is 22.4. The van der Waals surface area contributed by atoms with Gasteiger partial charge in [0, 0.05) is 61.4 Å². The third kappa shape index (κ3) is 28.1. The van der Waals surface area contributed by atoms with E-state index < -0.39 is 169 Å². The lowest BCUT2D eigenvalue weighted by Gasteiger charge is -2.30. The molecule has 6 heterocycles. The van der Waals surface area contributed by atoms with Crippen LogP contribution in [-0.2, 0) is 106 Å². The second-order valence-corrected chi connectivity index (χ2v) is 33.8. The Kier molecular flexibility index (Phi) is 32.9. The number of nitrogen functional groups attached to an aromatic ring is 2. The van der Waals surface area contributed by atoms with E-state index in [0.29, 0.717) is 11.4 Å². The Bertz CT molecular complexity index is 3980. The molecule has 4 aromatic rings. The van der Waals surface area contributed by atoms with Gasteiger partial charge in [0.1, 0.15) is 78.3 Å².